The molecule has 0 unspecified atom stereocenters. The number of hydrogen-bond acceptors (Lipinski definition) is 6. The molecule has 0 aliphatic carbocycles. The molecule has 3 aromatic rings. The molecule has 0 aromatic heterocycles. The number of nitrogens with zero attached hydrogens (tertiary/aromatic N) is 1. The van der Waals surface area contributed by atoms with Gasteiger partial charge in [0, 0.05) is 10.2 Å². The Balaban J connectivity index is 1.48. The smallest absolute Gasteiger partial charge is 0.270 e. The topological polar surface area (TPSA) is 67.9 Å². The van der Waals surface area contributed by atoms with Gasteiger partial charge >= 0.3 is 0 Å². The van der Waals surface area contributed by atoms with E-state index in [1.807, 2.05) is 68.4 Å². The van der Waals surface area contributed by atoms with Crippen LogP contribution in [0.5, 0.6) is 11.5 Å². The van der Waals surface area contributed by atoms with Crippen LogP contribution in [0.3, 0.4) is 0 Å². The van der Waals surface area contributed by atoms with E-state index in [-0.39, 0.29) is 18.4 Å². The molecule has 0 spiro atoms. The van der Waals surface area contributed by atoms with Crippen molar-refractivity contribution in [1.29, 1.82) is 0 Å². The molecule has 3 aromatic carbocycles. The molecule has 0 bridgehead atoms. The van der Waals surface area contributed by atoms with E-state index in [4.69, 9.17) is 21.7 Å². The highest BCUT2D eigenvalue weighted by Gasteiger charge is 2.33. The van der Waals surface area contributed by atoms with E-state index in [1.54, 1.807) is 18.2 Å². The first-order valence-corrected chi connectivity index (χ1v) is 13.2. The zero-order chi connectivity index (χ0) is 25.7. The van der Waals surface area contributed by atoms with Crippen molar-refractivity contribution >= 4 is 73.5 Å². The highest BCUT2D eigenvalue weighted by atomic mass is 79.9. The number of rotatable bonds is 8. The third kappa shape index (κ3) is 6.16. The first kappa shape index (κ1) is 25.9. The Kier molecular flexibility index (Phi) is 8.45. The van der Waals surface area contributed by atoms with Crippen molar-refractivity contribution in [3.8, 4) is 11.5 Å². The number of aryl methyl sites for hydroxylation is 1. The summed E-state index contributed by atoms with van der Waals surface area (Å²) in [7, 11) is 0. The SMILES string of the molecule is CCOc1cc(/C=C2\SC(=S)N(c3cccc(Br)c3)C2=O)ccc1OCC(=O)Nc1ccccc1C. The van der Waals surface area contributed by atoms with Crippen molar-refractivity contribution in [2.45, 2.75) is 13.8 Å². The highest BCUT2D eigenvalue weighted by Crippen LogP contribution is 2.38. The molecule has 9 heteroatoms. The largest absolute Gasteiger partial charge is 0.490 e. The Morgan fingerprint density at radius 2 is 1.89 bits per heavy atom. The Morgan fingerprint density at radius 3 is 2.64 bits per heavy atom. The van der Waals surface area contributed by atoms with Crippen LogP contribution >= 0.6 is 39.9 Å². The molecule has 0 atom stereocenters. The summed E-state index contributed by atoms with van der Waals surface area (Å²) in [5.41, 5.74) is 3.17. The van der Waals surface area contributed by atoms with E-state index in [9.17, 15) is 9.59 Å². The normalized spacial score (nSPS) is 14.3. The Hall–Kier alpha value is -3.14. The minimum Gasteiger partial charge on any atom is -0.490 e. The molecule has 1 fully saturated rings. The molecule has 36 heavy (non-hydrogen) atoms. The highest BCUT2D eigenvalue weighted by molar-refractivity contribution is 9.10. The van der Waals surface area contributed by atoms with Crippen molar-refractivity contribution in [2.24, 2.45) is 0 Å². The second-order valence-corrected chi connectivity index (χ2v) is 10.4. The molecule has 2 amide bonds. The summed E-state index contributed by atoms with van der Waals surface area (Å²) in [6.07, 6.45) is 1.77. The fourth-order valence-electron chi connectivity index (χ4n) is 3.50. The molecule has 0 saturated carbocycles. The maximum atomic E-state index is 13.1. The number of nitrogens with one attached hydrogen (secondary N) is 1. The van der Waals surface area contributed by atoms with Crippen LogP contribution in [-0.4, -0.2) is 29.3 Å². The summed E-state index contributed by atoms with van der Waals surface area (Å²) in [5.74, 6) is 0.467. The minimum atomic E-state index is -0.271. The van der Waals surface area contributed by atoms with Crippen molar-refractivity contribution < 1.29 is 19.1 Å². The van der Waals surface area contributed by atoms with Gasteiger partial charge in [0.25, 0.3) is 11.8 Å². The molecule has 1 aliphatic rings. The van der Waals surface area contributed by atoms with Crippen molar-refractivity contribution in [1.82, 2.24) is 0 Å². The van der Waals surface area contributed by atoms with Gasteiger partial charge in [0.1, 0.15) is 0 Å². The van der Waals surface area contributed by atoms with Crippen LogP contribution in [0.1, 0.15) is 18.1 Å². The Morgan fingerprint density at radius 1 is 1.08 bits per heavy atom. The zero-order valence-corrected chi connectivity index (χ0v) is 22.8. The molecular formula is C27H23BrN2O4S2. The standard InChI is InChI=1S/C27H23BrN2O4S2/c1-3-33-23-13-18(11-12-22(23)34-16-25(31)29-21-10-5-4-7-17(21)2)14-24-26(32)30(27(35)36-24)20-9-6-8-19(28)15-20/h4-15H,3,16H2,1-2H3,(H,29,31)/b24-14-. The number of thioether (sulfide) groups is 1. The van der Waals surface area contributed by atoms with E-state index in [0.717, 1.165) is 21.3 Å². The maximum Gasteiger partial charge on any atom is 0.270 e. The van der Waals surface area contributed by atoms with E-state index in [0.29, 0.717) is 33.0 Å². The number of carbonyl (C=O) groups is 2. The quantitative estimate of drug-likeness (QED) is 0.239. The molecule has 184 valence electrons. The van der Waals surface area contributed by atoms with Crippen molar-refractivity contribution in [2.75, 3.05) is 23.4 Å². The van der Waals surface area contributed by atoms with Crippen LogP contribution in [0.25, 0.3) is 6.08 Å². The monoisotopic (exact) mass is 582 g/mol. The first-order chi connectivity index (χ1) is 17.4. The number of halogens is 1. The number of anilines is 2. The Labute approximate surface area is 227 Å². The number of amides is 2. The average molecular weight is 584 g/mol. The Bertz CT molecular complexity index is 1360. The summed E-state index contributed by atoms with van der Waals surface area (Å²) in [4.78, 5) is 27.5. The van der Waals surface area contributed by atoms with Crippen LogP contribution < -0.4 is 19.7 Å². The second-order valence-electron chi connectivity index (χ2n) is 7.79. The number of para-hydroxylation sites is 1. The zero-order valence-electron chi connectivity index (χ0n) is 19.6. The fourth-order valence-corrected chi connectivity index (χ4v) is 5.19. The molecule has 6 nitrogen and oxygen atoms in total. The second kappa shape index (κ2) is 11.7. The predicted molar refractivity (Wildman–Crippen MR) is 153 cm³/mol. The van der Waals surface area contributed by atoms with E-state index >= 15 is 0 Å². The van der Waals surface area contributed by atoms with Crippen LogP contribution in [0.4, 0.5) is 11.4 Å². The van der Waals surface area contributed by atoms with Gasteiger partial charge in [0.15, 0.2) is 22.4 Å². The molecule has 0 radical (unpaired) electrons. The summed E-state index contributed by atoms with van der Waals surface area (Å²) < 4.78 is 12.8. The number of thiocarbonyl (C=S) groups is 1. The van der Waals surface area contributed by atoms with Crippen molar-refractivity contribution in [3.63, 3.8) is 0 Å². The summed E-state index contributed by atoms with van der Waals surface area (Å²) in [5, 5.41) is 2.85. The summed E-state index contributed by atoms with van der Waals surface area (Å²) in [6.45, 7) is 4.04. The third-order valence-electron chi connectivity index (χ3n) is 5.20. The molecule has 1 saturated heterocycles. The van der Waals surface area contributed by atoms with Crippen molar-refractivity contribution in [3.05, 3.63) is 87.2 Å². The molecule has 1 heterocycles. The lowest BCUT2D eigenvalue weighted by Crippen LogP contribution is -2.27. The van der Waals surface area contributed by atoms with Gasteiger partial charge in [-0.3, -0.25) is 14.5 Å². The van der Waals surface area contributed by atoms with Gasteiger partial charge < -0.3 is 14.8 Å². The van der Waals surface area contributed by atoms with E-state index < -0.39 is 0 Å². The first-order valence-electron chi connectivity index (χ1n) is 11.1. The van der Waals surface area contributed by atoms with Gasteiger partial charge in [0.2, 0.25) is 0 Å². The lowest BCUT2D eigenvalue weighted by molar-refractivity contribution is -0.118. The van der Waals surface area contributed by atoms with E-state index in [1.165, 1.54) is 16.7 Å². The number of benzene rings is 3. The van der Waals surface area contributed by atoms with Crippen LogP contribution in [0.2, 0.25) is 0 Å². The fraction of sp³-hybridized carbons (Fsp3) is 0.148. The van der Waals surface area contributed by atoms with E-state index in [2.05, 4.69) is 21.2 Å². The predicted octanol–water partition coefficient (Wildman–Crippen LogP) is 6.58. The lowest BCUT2D eigenvalue weighted by atomic mass is 10.1. The van der Waals surface area contributed by atoms with Crippen LogP contribution in [0, 0.1) is 6.92 Å². The van der Waals surface area contributed by atoms with Gasteiger partial charge in [-0.25, -0.2) is 0 Å². The number of ether oxygens (including phenoxy) is 2. The van der Waals surface area contributed by atoms with Gasteiger partial charge in [0.05, 0.1) is 17.2 Å². The summed E-state index contributed by atoms with van der Waals surface area (Å²) in [6, 6.07) is 20.3. The minimum absolute atomic E-state index is 0.168. The van der Waals surface area contributed by atoms with Gasteiger partial charge in [-0.1, -0.05) is 70.2 Å². The number of carbonyl (C=O) groups excluding carboxylic acids is 2. The molecule has 4 rings (SSSR count). The lowest BCUT2D eigenvalue weighted by Gasteiger charge is -2.14. The molecule has 1 N–H and O–H groups in total. The molecular weight excluding hydrogens is 560 g/mol. The van der Waals surface area contributed by atoms with Crippen LogP contribution in [0.15, 0.2) is 76.1 Å². The molecule has 1 aliphatic heterocycles. The van der Waals surface area contributed by atoms with Crippen LogP contribution in [-0.2, 0) is 9.59 Å². The summed E-state index contributed by atoms with van der Waals surface area (Å²) >= 11 is 10.1. The maximum absolute atomic E-state index is 13.1. The average Bonchev–Trinajstić information content (AvgIpc) is 3.12. The third-order valence-corrected chi connectivity index (χ3v) is 7.00. The van der Waals surface area contributed by atoms with Gasteiger partial charge in [-0.05, 0) is 67.4 Å². The number of hydrogen-bond donors (Lipinski definition) is 1. The van der Waals surface area contributed by atoms with Gasteiger partial charge in [-0.2, -0.15) is 0 Å². The van der Waals surface area contributed by atoms with Gasteiger partial charge in [-0.15, -0.1) is 0 Å².